The van der Waals surface area contributed by atoms with Crippen molar-refractivity contribution in [3.05, 3.63) is 29.6 Å². The van der Waals surface area contributed by atoms with E-state index in [-0.39, 0.29) is 5.91 Å². The first-order valence-electron chi connectivity index (χ1n) is 5.37. The first-order valence-corrected chi connectivity index (χ1v) is 5.37. The maximum atomic E-state index is 11.7. The molecular weight excluding hydrogens is 204 g/mol. The molecule has 1 heterocycles. The van der Waals surface area contributed by atoms with Gasteiger partial charge in [-0.3, -0.25) is 9.78 Å². The minimum Gasteiger partial charge on any atom is -0.383 e. The van der Waals surface area contributed by atoms with Crippen molar-refractivity contribution in [1.29, 1.82) is 0 Å². The first-order chi connectivity index (χ1) is 7.65. The molecule has 88 valence electrons. The Morgan fingerprint density at radius 3 is 2.88 bits per heavy atom. The summed E-state index contributed by atoms with van der Waals surface area (Å²) < 4.78 is 4.86. The monoisotopic (exact) mass is 222 g/mol. The largest absolute Gasteiger partial charge is 0.383 e. The molecule has 1 N–H and O–H groups in total. The molecule has 0 saturated heterocycles. The Bertz CT molecular complexity index is 351. The van der Waals surface area contributed by atoms with E-state index < -0.39 is 0 Å². The van der Waals surface area contributed by atoms with Gasteiger partial charge in [0.05, 0.1) is 12.2 Å². The number of rotatable bonds is 5. The second-order valence-electron chi connectivity index (χ2n) is 3.91. The lowest BCUT2D eigenvalue weighted by Gasteiger charge is -2.07. The van der Waals surface area contributed by atoms with Crippen LogP contribution in [0.1, 0.15) is 35.7 Å². The highest BCUT2D eigenvalue weighted by Crippen LogP contribution is 2.13. The van der Waals surface area contributed by atoms with Gasteiger partial charge in [0.25, 0.3) is 5.91 Å². The number of carbonyl (C=O) groups is 1. The van der Waals surface area contributed by atoms with Gasteiger partial charge in [0.15, 0.2) is 0 Å². The number of methoxy groups -OCH3 is 1. The van der Waals surface area contributed by atoms with Crippen LogP contribution in [0, 0.1) is 0 Å². The fourth-order valence-electron chi connectivity index (χ4n) is 1.27. The van der Waals surface area contributed by atoms with E-state index >= 15 is 0 Å². The van der Waals surface area contributed by atoms with Crippen molar-refractivity contribution in [2.45, 2.75) is 19.8 Å². The zero-order chi connectivity index (χ0) is 12.0. The van der Waals surface area contributed by atoms with Gasteiger partial charge < -0.3 is 10.1 Å². The number of nitrogens with zero attached hydrogens (tertiary/aromatic N) is 1. The summed E-state index contributed by atoms with van der Waals surface area (Å²) in [7, 11) is 1.60. The first kappa shape index (κ1) is 12.6. The molecule has 0 aliphatic carbocycles. The topological polar surface area (TPSA) is 51.2 Å². The molecule has 0 spiro atoms. The Balaban J connectivity index is 2.64. The van der Waals surface area contributed by atoms with E-state index in [1.165, 1.54) is 0 Å². The highest BCUT2D eigenvalue weighted by Gasteiger charge is 2.07. The van der Waals surface area contributed by atoms with Crippen molar-refractivity contribution in [3.63, 3.8) is 0 Å². The Morgan fingerprint density at radius 1 is 1.50 bits per heavy atom. The summed E-state index contributed by atoms with van der Waals surface area (Å²) in [5.74, 6) is 0.270. The fourth-order valence-corrected chi connectivity index (χ4v) is 1.27. The predicted octanol–water partition coefficient (Wildman–Crippen LogP) is 1.58. The smallest absolute Gasteiger partial charge is 0.252 e. The number of amides is 1. The summed E-state index contributed by atoms with van der Waals surface area (Å²) in [6, 6.07) is 1.87. The van der Waals surface area contributed by atoms with Crippen LogP contribution >= 0.6 is 0 Å². The van der Waals surface area contributed by atoms with Crippen LogP contribution in [0.2, 0.25) is 0 Å². The zero-order valence-corrected chi connectivity index (χ0v) is 9.99. The van der Waals surface area contributed by atoms with Crippen molar-refractivity contribution < 1.29 is 9.53 Å². The van der Waals surface area contributed by atoms with Crippen LogP contribution in [-0.2, 0) is 4.74 Å². The molecule has 4 heteroatoms. The number of carbonyl (C=O) groups excluding carboxylic acids is 1. The number of ether oxygens (including phenoxy) is 1. The molecule has 0 saturated carbocycles. The minimum absolute atomic E-state index is 0.105. The maximum Gasteiger partial charge on any atom is 0.252 e. The minimum atomic E-state index is -0.105. The third-order valence-corrected chi connectivity index (χ3v) is 2.28. The van der Waals surface area contributed by atoms with Crippen molar-refractivity contribution in [1.82, 2.24) is 10.3 Å². The van der Waals surface area contributed by atoms with E-state index in [4.69, 9.17) is 4.74 Å². The molecule has 0 aliphatic rings. The summed E-state index contributed by atoms with van der Waals surface area (Å²) in [5.41, 5.74) is 1.67. The van der Waals surface area contributed by atoms with Crippen LogP contribution in [0.25, 0.3) is 0 Å². The molecule has 0 bridgehead atoms. The van der Waals surface area contributed by atoms with Gasteiger partial charge in [0.1, 0.15) is 0 Å². The quantitative estimate of drug-likeness (QED) is 0.769. The summed E-state index contributed by atoms with van der Waals surface area (Å²) in [5, 5.41) is 2.76. The Hall–Kier alpha value is -1.42. The number of pyridine rings is 1. The standard InChI is InChI=1S/C12H18N2O2/c1-9(2)10-6-11(8-13-7-10)12(15)14-4-5-16-3/h6-9H,4-5H2,1-3H3,(H,14,15). The van der Waals surface area contributed by atoms with Gasteiger partial charge in [-0.25, -0.2) is 0 Å². The molecular formula is C12H18N2O2. The molecule has 0 fully saturated rings. The number of hydrogen-bond donors (Lipinski definition) is 1. The van der Waals surface area contributed by atoms with Gasteiger partial charge in [-0.2, -0.15) is 0 Å². The lowest BCUT2D eigenvalue weighted by atomic mass is 10.0. The van der Waals surface area contributed by atoms with E-state index in [1.807, 2.05) is 6.07 Å². The number of nitrogens with one attached hydrogen (secondary N) is 1. The van der Waals surface area contributed by atoms with Crippen molar-refractivity contribution in [3.8, 4) is 0 Å². The highest BCUT2D eigenvalue weighted by atomic mass is 16.5. The molecule has 1 aromatic heterocycles. The normalized spacial score (nSPS) is 10.5. The highest BCUT2D eigenvalue weighted by molar-refractivity contribution is 5.94. The Morgan fingerprint density at radius 2 is 2.25 bits per heavy atom. The SMILES string of the molecule is COCCNC(=O)c1cncc(C(C)C)c1. The Kier molecular flexibility index (Phi) is 4.92. The molecule has 1 aromatic rings. The zero-order valence-electron chi connectivity index (χ0n) is 9.99. The average molecular weight is 222 g/mol. The van der Waals surface area contributed by atoms with Crippen molar-refractivity contribution in [2.24, 2.45) is 0 Å². The van der Waals surface area contributed by atoms with Crippen LogP contribution < -0.4 is 5.32 Å². The van der Waals surface area contributed by atoms with Crippen LogP contribution in [0.3, 0.4) is 0 Å². The summed E-state index contributed by atoms with van der Waals surface area (Å²) in [4.78, 5) is 15.8. The van der Waals surface area contributed by atoms with E-state index in [2.05, 4.69) is 24.1 Å². The molecule has 0 atom stereocenters. The van der Waals surface area contributed by atoms with Crippen molar-refractivity contribution >= 4 is 5.91 Å². The lowest BCUT2D eigenvalue weighted by molar-refractivity contribution is 0.0936. The molecule has 0 radical (unpaired) electrons. The molecule has 1 amide bonds. The summed E-state index contributed by atoms with van der Waals surface area (Å²) >= 11 is 0. The second-order valence-corrected chi connectivity index (χ2v) is 3.91. The molecule has 16 heavy (non-hydrogen) atoms. The summed E-state index contributed by atoms with van der Waals surface area (Å²) in [6.45, 7) is 5.18. The Labute approximate surface area is 96.0 Å². The second kappa shape index (κ2) is 6.23. The number of hydrogen-bond acceptors (Lipinski definition) is 3. The third kappa shape index (κ3) is 3.62. The van der Waals surface area contributed by atoms with Gasteiger partial charge in [0, 0.05) is 26.0 Å². The van der Waals surface area contributed by atoms with Gasteiger partial charge in [-0.15, -0.1) is 0 Å². The molecule has 0 unspecified atom stereocenters. The van der Waals surface area contributed by atoms with Crippen molar-refractivity contribution in [2.75, 3.05) is 20.3 Å². The molecule has 1 rings (SSSR count). The summed E-state index contributed by atoms with van der Waals surface area (Å²) in [6.07, 6.45) is 3.37. The van der Waals surface area contributed by atoms with E-state index in [0.717, 1.165) is 5.56 Å². The maximum absolute atomic E-state index is 11.7. The number of aromatic nitrogens is 1. The van der Waals surface area contributed by atoms with Crippen LogP contribution in [0.15, 0.2) is 18.5 Å². The average Bonchev–Trinajstić information content (AvgIpc) is 2.29. The predicted molar refractivity (Wildman–Crippen MR) is 62.5 cm³/mol. The van der Waals surface area contributed by atoms with Crippen LogP contribution in [0.5, 0.6) is 0 Å². The molecule has 4 nitrogen and oxygen atoms in total. The third-order valence-electron chi connectivity index (χ3n) is 2.28. The van der Waals surface area contributed by atoms with Gasteiger partial charge in [-0.05, 0) is 17.5 Å². The molecule has 0 aromatic carbocycles. The van der Waals surface area contributed by atoms with E-state index in [9.17, 15) is 4.79 Å². The van der Waals surface area contributed by atoms with Crippen LogP contribution in [-0.4, -0.2) is 31.2 Å². The van der Waals surface area contributed by atoms with E-state index in [1.54, 1.807) is 19.5 Å². The lowest BCUT2D eigenvalue weighted by Crippen LogP contribution is -2.27. The van der Waals surface area contributed by atoms with Crippen LogP contribution in [0.4, 0.5) is 0 Å². The van der Waals surface area contributed by atoms with E-state index in [0.29, 0.717) is 24.6 Å². The van der Waals surface area contributed by atoms with Gasteiger partial charge in [-0.1, -0.05) is 13.8 Å². The fraction of sp³-hybridized carbons (Fsp3) is 0.500. The molecule has 0 aliphatic heterocycles. The van der Waals surface area contributed by atoms with Gasteiger partial charge >= 0.3 is 0 Å². The van der Waals surface area contributed by atoms with Gasteiger partial charge in [0.2, 0.25) is 0 Å².